The fraction of sp³-hybridized carbons (Fsp3) is 0.333. The summed E-state index contributed by atoms with van der Waals surface area (Å²) in [7, 11) is 0. The van der Waals surface area contributed by atoms with Gasteiger partial charge in [0.2, 0.25) is 0 Å². The monoisotopic (exact) mass is 456 g/mol. The number of benzene rings is 2. The Labute approximate surface area is 190 Å². The molecule has 0 bridgehead atoms. The highest BCUT2D eigenvalue weighted by Gasteiger charge is 2.30. The molecule has 4 rings (SSSR count). The van der Waals surface area contributed by atoms with Crippen LogP contribution in [-0.4, -0.2) is 41.6 Å². The van der Waals surface area contributed by atoms with Gasteiger partial charge in [-0.1, -0.05) is 6.07 Å². The smallest absolute Gasteiger partial charge is 0.410 e. The van der Waals surface area contributed by atoms with Gasteiger partial charge >= 0.3 is 6.09 Å². The van der Waals surface area contributed by atoms with E-state index in [-0.39, 0.29) is 23.3 Å². The second kappa shape index (κ2) is 8.73. The maximum Gasteiger partial charge on any atom is 0.410 e. The van der Waals surface area contributed by atoms with E-state index in [0.29, 0.717) is 36.6 Å². The van der Waals surface area contributed by atoms with E-state index in [1.807, 2.05) is 20.8 Å². The molecule has 33 heavy (non-hydrogen) atoms. The molecule has 1 fully saturated rings. The first-order chi connectivity index (χ1) is 15.6. The molecule has 2 aromatic carbocycles. The van der Waals surface area contributed by atoms with Crippen molar-refractivity contribution in [3.63, 3.8) is 0 Å². The van der Waals surface area contributed by atoms with Gasteiger partial charge in [-0.2, -0.15) is 0 Å². The second-order valence-corrected chi connectivity index (χ2v) is 9.07. The number of fused-ring (bicyclic) bond motifs is 1. The van der Waals surface area contributed by atoms with Crippen LogP contribution < -0.4 is 16.0 Å². The zero-order valence-corrected chi connectivity index (χ0v) is 18.7. The fourth-order valence-corrected chi connectivity index (χ4v) is 3.81. The molecular formula is C24H26F2N4O3. The van der Waals surface area contributed by atoms with Crippen molar-refractivity contribution in [1.29, 1.82) is 0 Å². The topological polar surface area (TPSA) is 82.7 Å². The van der Waals surface area contributed by atoms with E-state index in [1.54, 1.807) is 23.1 Å². The lowest BCUT2D eigenvalue weighted by Crippen LogP contribution is -2.36. The number of nitrogens with zero attached hydrogens (tertiary/aromatic N) is 1. The van der Waals surface area contributed by atoms with Gasteiger partial charge in [0.05, 0.1) is 16.9 Å². The normalized spacial score (nSPS) is 18.8. The lowest BCUT2D eigenvalue weighted by atomic mass is 10.1. The number of amides is 2. The molecule has 2 aromatic rings. The van der Waals surface area contributed by atoms with E-state index < -0.39 is 23.1 Å². The molecule has 9 heteroatoms. The second-order valence-electron chi connectivity index (χ2n) is 9.07. The first-order valence-corrected chi connectivity index (χ1v) is 10.7. The summed E-state index contributed by atoms with van der Waals surface area (Å²) in [5, 5.41) is 8.59. The summed E-state index contributed by atoms with van der Waals surface area (Å²) >= 11 is 0. The van der Waals surface area contributed by atoms with Gasteiger partial charge in [-0.15, -0.1) is 0 Å². The first-order valence-electron chi connectivity index (χ1n) is 10.7. The highest BCUT2D eigenvalue weighted by Crippen LogP contribution is 2.33. The lowest BCUT2D eigenvalue weighted by Gasteiger charge is -2.24. The number of nitrogens with one attached hydrogen (secondary N) is 3. The van der Waals surface area contributed by atoms with Crippen molar-refractivity contribution in [2.45, 2.75) is 38.8 Å². The number of rotatable bonds is 4. The highest BCUT2D eigenvalue weighted by molar-refractivity contribution is 6.31. The van der Waals surface area contributed by atoms with Crippen molar-refractivity contribution in [3.05, 3.63) is 59.8 Å². The zero-order valence-electron chi connectivity index (χ0n) is 18.7. The van der Waals surface area contributed by atoms with E-state index in [1.165, 1.54) is 24.4 Å². The van der Waals surface area contributed by atoms with Crippen LogP contribution in [0.5, 0.6) is 0 Å². The van der Waals surface area contributed by atoms with Crippen molar-refractivity contribution in [3.8, 4) is 0 Å². The number of hydrogen-bond donors (Lipinski definition) is 3. The summed E-state index contributed by atoms with van der Waals surface area (Å²) in [6.45, 7) is 6.38. The van der Waals surface area contributed by atoms with Gasteiger partial charge in [-0.25, -0.2) is 13.6 Å². The third kappa shape index (κ3) is 5.08. The number of anilines is 3. The van der Waals surface area contributed by atoms with Crippen LogP contribution in [0.4, 0.5) is 30.6 Å². The van der Waals surface area contributed by atoms with Crippen molar-refractivity contribution >= 4 is 34.6 Å². The van der Waals surface area contributed by atoms with Gasteiger partial charge in [0, 0.05) is 36.6 Å². The third-order valence-corrected chi connectivity index (χ3v) is 5.33. The van der Waals surface area contributed by atoms with Crippen molar-refractivity contribution < 1.29 is 23.1 Å². The summed E-state index contributed by atoms with van der Waals surface area (Å²) in [5.41, 5.74) is 0.864. The predicted molar refractivity (Wildman–Crippen MR) is 123 cm³/mol. The van der Waals surface area contributed by atoms with Gasteiger partial charge < -0.3 is 25.6 Å². The molecule has 7 nitrogen and oxygen atoms in total. The SMILES string of the molecule is CC(C)(C)OC(=O)N1CCC(Nc2ccc(NC=C3C(=O)Nc4cccc(F)c43)cc2F)C1. The van der Waals surface area contributed by atoms with E-state index in [2.05, 4.69) is 16.0 Å². The number of halogens is 2. The minimum Gasteiger partial charge on any atom is -0.444 e. The maximum absolute atomic E-state index is 14.7. The van der Waals surface area contributed by atoms with E-state index >= 15 is 0 Å². The van der Waals surface area contributed by atoms with Crippen LogP contribution in [0.2, 0.25) is 0 Å². The van der Waals surface area contributed by atoms with Gasteiger partial charge in [0.1, 0.15) is 17.2 Å². The molecule has 0 radical (unpaired) electrons. The number of hydrogen-bond acceptors (Lipinski definition) is 5. The Bertz CT molecular complexity index is 1130. The molecule has 2 aliphatic heterocycles. The van der Waals surface area contributed by atoms with E-state index in [9.17, 15) is 18.4 Å². The van der Waals surface area contributed by atoms with Gasteiger partial charge in [0.25, 0.3) is 5.91 Å². The van der Waals surface area contributed by atoms with Crippen LogP contribution in [0.3, 0.4) is 0 Å². The van der Waals surface area contributed by atoms with Crippen LogP contribution in [0, 0.1) is 11.6 Å². The Kier molecular flexibility index (Phi) is 5.97. The Morgan fingerprint density at radius 1 is 1.21 bits per heavy atom. The van der Waals surface area contributed by atoms with E-state index in [4.69, 9.17) is 4.74 Å². The molecule has 2 heterocycles. The quantitative estimate of drug-likeness (QED) is 0.577. The minimum atomic E-state index is -0.570. The molecule has 1 unspecified atom stereocenters. The highest BCUT2D eigenvalue weighted by atomic mass is 19.1. The molecule has 0 aromatic heterocycles. The molecule has 174 valence electrons. The van der Waals surface area contributed by atoms with Crippen LogP contribution >= 0.6 is 0 Å². The number of carbonyl (C=O) groups excluding carboxylic acids is 2. The Hall–Kier alpha value is -3.62. The number of likely N-dealkylation sites (tertiary alicyclic amines) is 1. The fourth-order valence-electron chi connectivity index (χ4n) is 3.81. The molecule has 1 atom stereocenters. The average Bonchev–Trinajstić information content (AvgIpc) is 3.32. The maximum atomic E-state index is 14.7. The molecular weight excluding hydrogens is 430 g/mol. The summed E-state index contributed by atoms with van der Waals surface area (Å²) in [5.74, 6) is -1.43. The molecule has 0 aliphatic carbocycles. The Morgan fingerprint density at radius 2 is 2.00 bits per heavy atom. The Morgan fingerprint density at radius 3 is 2.73 bits per heavy atom. The van der Waals surface area contributed by atoms with Crippen LogP contribution in [0.1, 0.15) is 32.8 Å². The summed E-state index contributed by atoms with van der Waals surface area (Å²) in [6, 6.07) is 8.82. The van der Waals surface area contributed by atoms with E-state index in [0.717, 1.165) is 0 Å². The van der Waals surface area contributed by atoms with Gasteiger partial charge in [0.15, 0.2) is 0 Å². The molecule has 2 amide bonds. The van der Waals surface area contributed by atoms with Crippen LogP contribution in [-0.2, 0) is 9.53 Å². The summed E-state index contributed by atoms with van der Waals surface area (Å²) in [6.07, 6.45) is 1.65. The summed E-state index contributed by atoms with van der Waals surface area (Å²) in [4.78, 5) is 26.0. The standard InChI is InChI=1S/C24H26F2N4O3/c1-24(2,3)33-23(32)30-10-9-15(13-30)28-19-8-7-14(11-18(19)26)27-12-16-21-17(25)5-4-6-20(21)29-22(16)31/h4-8,11-12,15,27-28H,9-10,13H2,1-3H3,(H,29,31). The van der Waals surface area contributed by atoms with Crippen molar-refractivity contribution in [2.75, 3.05) is 29.0 Å². The Balaban J connectivity index is 1.39. The molecule has 2 aliphatic rings. The van der Waals surface area contributed by atoms with Crippen molar-refractivity contribution in [1.82, 2.24) is 4.90 Å². The van der Waals surface area contributed by atoms with Gasteiger partial charge in [-0.05, 0) is 57.5 Å². The lowest BCUT2D eigenvalue weighted by molar-refractivity contribution is -0.110. The molecule has 0 saturated carbocycles. The molecule has 1 saturated heterocycles. The number of carbonyl (C=O) groups is 2. The summed E-state index contributed by atoms with van der Waals surface area (Å²) < 4.78 is 34.2. The molecule has 0 spiro atoms. The zero-order chi connectivity index (χ0) is 23.8. The predicted octanol–water partition coefficient (Wildman–Crippen LogP) is 4.79. The average molecular weight is 456 g/mol. The minimum absolute atomic E-state index is 0.102. The third-order valence-electron chi connectivity index (χ3n) is 5.33. The van der Waals surface area contributed by atoms with Crippen LogP contribution in [0.15, 0.2) is 42.6 Å². The van der Waals surface area contributed by atoms with Crippen molar-refractivity contribution in [2.24, 2.45) is 0 Å². The van der Waals surface area contributed by atoms with Crippen LogP contribution in [0.25, 0.3) is 5.57 Å². The first kappa shape index (κ1) is 22.6. The van der Waals surface area contributed by atoms with Gasteiger partial charge in [-0.3, -0.25) is 4.79 Å². The molecule has 3 N–H and O–H groups in total. The largest absolute Gasteiger partial charge is 0.444 e. The number of ether oxygens (including phenoxy) is 1.